The number of aryl methyl sites for hydroxylation is 1. The largest absolute Gasteiger partial charge is 0.542 e. The third-order valence-corrected chi connectivity index (χ3v) is 7.36. The lowest BCUT2D eigenvalue weighted by molar-refractivity contribution is -0.138. The number of pyridine rings is 1. The number of hydrogen-bond donors (Lipinski definition) is 1. The molecule has 0 bridgehead atoms. The van der Waals surface area contributed by atoms with E-state index in [0.29, 0.717) is 34.5 Å². The van der Waals surface area contributed by atoms with Crippen LogP contribution in [0.3, 0.4) is 0 Å². The summed E-state index contributed by atoms with van der Waals surface area (Å²) < 4.78 is 37.0. The van der Waals surface area contributed by atoms with Crippen molar-refractivity contribution < 1.29 is 28.1 Å². The quantitative estimate of drug-likeness (QED) is 0.254. The van der Waals surface area contributed by atoms with Crippen LogP contribution in [-0.2, 0) is 20.3 Å². The number of nitrogens with zero attached hydrogens (tertiary/aromatic N) is 1. The molecule has 0 saturated heterocycles. The third kappa shape index (κ3) is 4.87. The van der Waals surface area contributed by atoms with E-state index >= 15 is 0 Å². The van der Waals surface area contributed by atoms with Crippen LogP contribution < -0.4 is 4.74 Å². The molecule has 0 spiro atoms. The lowest BCUT2D eigenvalue weighted by Crippen LogP contribution is -2.46. The minimum atomic E-state index is -2.81. The second-order valence-corrected chi connectivity index (χ2v) is 9.46. The minimum Gasteiger partial charge on any atom is -0.419 e. The lowest BCUT2D eigenvalue weighted by atomic mass is 9.94. The van der Waals surface area contributed by atoms with E-state index in [1.165, 1.54) is 19.1 Å². The summed E-state index contributed by atoms with van der Waals surface area (Å²) in [4.78, 5) is 18.2. The zero-order valence-corrected chi connectivity index (χ0v) is 20.8. The Bertz CT molecular complexity index is 1290. The van der Waals surface area contributed by atoms with Crippen LogP contribution in [0.25, 0.3) is 22.4 Å². The summed E-state index contributed by atoms with van der Waals surface area (Å²) >= 11 is 0. The first-order valence-corrected chi connectivity index (χ1v) is 12.1. The molecule has 0 radical (unpaired) electrons. The first kappa shape index (κ1) is 26.2. The molecule has 180 valence electrons. The molecule has 3 atom stereocenters. The van der Waals surface area contributed by atoms with Gasteiger partial charge < -0.3 is 9.84 Å². The molecule has 3 aromatic rings. The number of aromatic nitrogens is 1. The summed E-state index contributed by atoms with van der Waals surface area (Å²) in [5.41, 5.74) is 3.73. The van der Waals surface area contributed by atoms with E-state index in [2.05, 4.69) is 5.92 Å². The Morgan fingerprint density at radius 3 is 2.34 bits per heavy atom. The fourth-order valence-electron chi connectivity index (χ4n) is 3.84. The zero-order valence-electron chi connectivity index (χ0n) is 19.9. The van der Waals surface area contributed by atoms with Gasteiger partial charge in [0.2, 0.25) is 0 Å². The smallest absolute Gasteiger partial charge is 0.419 e. The molecular formula is C27H26FNO5P+. The molecule has 0 aliphatic carbocycles. The van der Waals surface area contributed by atoms with Crippen LogP contribution in [0.15, 0.2) is 54.6 Å². The number of rotatable bonds is 8. The van der Waals surface area contributed by atoms with E-state index in [4.69, 9.17) is 20.7 Å². The molecule has 3 unspecified atom stereocenters. The number of halogens is 1. The molecule has 6 nitrogen and oxygen atoms in total. The van der Waals surface area contributed by atoms with Crippen LogP contribution in [0.1, 0.15) is 25.1 Å². The Morgan fingerprint density at radius 2 is 1.83 bits per heavy atom. The molecule has 1 N–H and O–H groups in total. The molecule has 0 aliphatic heterocycles. The molecule has 1 aromatic heterocycles. The van der Waals surface area contributed by atoms with Crippen LogP contribution in [0, 0.1) is 25.1 Å². The van der Waals surface area contributed by atoms with E-state index in [9.17, 15) is 18.9 Å². The van der Waals surface area contributed by atoms with Gasteiger partial charge in [-0.15, -0.1) is 10.9 Å². The van der Waals surface area contributed by atoms with E-state index in [1.807, 2.05) is 44.2 Å². The summed E-state index contributed by atoms with van der Waals surface area (Å²) in [5.74, 6) is 0.709. The minimum absolute atomic E-state index is 0.0982. The number of carbonyl (C=O) groups is 1. The Kier molecular flexibility index (Phi) is 8.14. The van der Waals surface area contributed by atoms with Crippen molar-refractivity contribution in [3.8, 4) is 40.5 Å². The fourth-order valence-corrected chi connectivity index (χ4v) is 4.73. The van der Waals surface area contributed by atoms with E-state index in [1.54, 1.807) is 12.1 Å². The highest BCUT2D eigenvalue weighted by Gasteiger charge is 2.63. The van der Waals surface area contributed by atoms with Gasteiger partial charge in [-0.1, -0.05) is 49.4 Å². The Balaban J connectivity index is 2.30. The van der Waals surface area contributed by atoms with E-state index in [0.717, 1.165) is 12.7 Å². The number of esters is 1. The zero-order chi connectivity index (χ0) is 25.8. The van der Waals surface area contributed by atoms with Crippen LogP contribution >= 0.6 is 8.03 Å². The number of hydrogen-bond acceptors (Lipinski definition) is 6. The van der Waals surface area contributed by atoms with Crippen LogP contribution in [0.4, 0.5) is 4.39 Å². The molecule has 8 heteroatoms. The highest BCUT2D eigenvalue weighted by molar-refractivity contribution is 7.43. The maximum atomic E-state index is 13.7. The topological polar surface area (TPSA) is 85.7 Å². The standard InChI is InChI=1S/C27H26FNO5P/c1-6-22-25(34-26(31)27(7-2,18(4)30)35(32)33-5)23(19-13-15-21(28)16-14-19)17(3)24(29-22)20-11-9-8-10-12-20/h2,8-16,18,30H,6H2,1,3-5H3/q+1. The van der Waals surface area contributed by atoms with Gasteiger partial charge in [-0.25, -0.2) is 14.2 Å². The lowest BCUT2D eigenvalue weighted by Gasteiger charge is -2.22. The normalized spacial score (nSPS) is 13.9. The molecule has 0 fully saturated rings. The van der Waals surface area contributed by atoms with Gasteiger partial charge in [0.1, 0.15) is 11.9 Å². The number of terminal acetylenes is 1. The van der Waals surface area contributed by atoms with Gasteiger partial charge in [0.15, 0.2) is 5.75 Å². The average Bonchev–Trinajstić information content (AvgIpc) is 2.86. The molecule has 2 aromatic carbocycles. The van der Waals surface area contributed by atoms with Gasteiger partial charge in [-0.3, -0.25) is 0 Å². The van der Waals surface area contributed by atoms with Crippen LogP contribution in [-0.4, -0.2) is 34.4 Å². The van der Waals surface area contributed by atoms with Gasteiger partial charge >= 0.3 is 19.2 Å². The molecule has 0 aliphatic rings. The maximum absolute atomic E-state index is 13.7. The summed E-state index contributed by atoms with van der Waals surface area (Å²) in [6, 6.07) is 15.2. The first-order valence-electron chi connectivity index (χ1n) is 11.0. The number of benzene rings is 2. The fraction of sp³-hybridized carbons (Fsp3) is 0.259. The van der Waals surface area contributed by atoms with Crippen molar-refractivity contribution in [1.29, 1.82) is 0 Å². The van der Waals surface area contributed by atoms with Gasteiger partial charge in [-0.05, 0) is 54.0 Å². The number of aliphatic hydroxyl groups is 1. The van der Waals surface area contributed by atoms with Crippen LogP contribution in [0.5, 0.6) is 5.75 Å². The monoisotopic (exact) mass is 494 g/mol. The molecular weight excluding hydrogens is 468 g/mol. The Labute approximate surface area is 205 Å². The molecule has 1 heterocycles. The average molecular weight is 494 g/mol. The van der Waals surface area contributed by atoms with E-state index < -0.39 is 31.1 Å². The first-order chi connectivity index (χ1) is 16.7. The van der Waals surface area contributed by atoms with Crippen molar-refractivity contribution in [3.63, 3.8) is 0 Å². The molecule has 35 heavy (non-hydrogen) atoms. The predicted molar refractivity (Wildman–Crippen MR) is 133 cm³/mol. The van der Waals surface area contributed by atoms with Crippen molar-refractivity contribution in [2.75, 3.05) is 7.11 Å². The van der Waals surface area contributed by atoms with Gasteiger partial charge in [0.25, 0.3) is 0 Å². The highest BCUT2D eigenvalue weighted by atomic mass is 31.1. The second-order valence-electron chi connectivity index (χ2n) is 7.88. The second kappa shape index (κ2) is 10.9. The Hall–Kier alpha value is -3.43. The third-order valence-electron chi connectivity index (χ3n) is 5.77. The van der Waals surface area contributed by atoms with Crippen molar-refractivity contribution in [3.05, 3.63) is 71.7 Å². The molecule has 0 amide bonds. The van der Waals surface area contributed by atoms with E-state index in [-0.39, 0.29) is 5.75 Å². The number of aliphatic hydroxyl groups excluding tert-OH is 1. The SMILES string of the molecule is C#CC(C(=O)Oc1c(CC)nc(-c2ccccc2)c(C)c1-c1ccc(F)cc1)(C(C)O)[P+](=O)OC. The summed E-state index contributed by atoms with van der Waals surface area (Å²) in [6.07, 6.45) is 4.43. The van der Waals surface area contributed by atoms with Gasteiger partial charge in [-0.2, -0.15) is 0 Å². The molecule has 0 saturated carbocycles. The van der Waals surface area contributed by atoms with Crippen LogP contribution in [0.2, 0.25) is 0 Å². The van der Waals surface area contributed by atoms with Crippen molar-refractivity contribution >= 4 is 14.0 Å². The summed E-state index contributed by atoms with van der Waals surface area (Å²) in [7, 11) is -1.69. The van der Waals surface area contributed by atoms with Crippen molar-refractivity contribution in [2.45, 2.75) is 38.5 Å². The number of carbonyl (C=O) groups excluding carboxylic acids is 1. The predicted octanol–water partition coefficient (Wildman–Crippen LogP) is 5.47. The van der Waals surface area contributed by atoms with Crippen molar-refractivity contribution in [2.24, 2.45) is 0 Å². The summed E-state index contributed by atoms with van der Waals surface area (Å²) in [6.45, 7) is 4.91. The maximum Gasteiger partial charge on any atom is 0.542 e. The summed E-state index contributed by atoms with van der Waals surface area (Å²) in [5, 5.41) is 8.10. The van der Waals surface area contributed by atoms with Gasteiger partial charge in [0.05, 0.1) is 18.5 Å². The number of ether oxygens (including phenoxy) is 1. The van der Waals surface area contributed by atoms with Gasteiger partial charge in [0, 0.05) is 11.1 Å². The molecule has 3 rings (SSSR count). The Morgan fingerprint density at radius 1 is 1.20 bits per heavy atom. The highest BCUT2D eigenvalue weighted by Crippen LogP contribution is 2.45. The van der Waals surface area contributed by atoms with Crippen molar-refractivity contribution in [1.82, 2.24) is 4.98 Å².